The first kappa shape index (κ1) is 32.4. The fourth-order valence-electron chi connectivity index (χ4n) is 4.76. The minimum absolute atomic E-state index is 0.0242. The molecule has 1 aliphatic rings. The van der Waals surface area contributed by atoms with E-state index in [4.69, 9.17) is 20.9 Å². The highest BCUT2D eigenvalue weighted by molar-refractivity contribution is 5.99. The van der Waals surface area contributed by atoms with Crippen LogP contribution in [0, 0.1) is 18.3 Å². The number of nitrogens with zero attached hydrogens (tertiary/aromatic N) is 6. The van der Waals surface area contributed by atoms with Crippen molar-refractivity contribution in [2.24, 2.45) is 5.73 Å². The number of hydrogen-bond acceptors (Lipinski definition) is 9. The number of amides is 2. The molecule has 0 spiro atoms. The molecular formula is C28H29F3N10O4. The first-order valence-corrected chi connectivity index (χ1v) is 13.5. The van der Waals surface area contributed by atoms with Gasteiger partial charge in [0.1, 0.15) is 12.6 Å². The lowest BCUT2D eigenvalue weighted by Crippen LogP contribution is -2.54. The summed E-state index contributed by atoms with van der Waals surface area (Å²) in [5.41, 5.74) is 6.30. The Morgan fingerprint density at radius 2 is 2.00 bits per heavy atom. The van der Waals surface area contributed by atoms with Gasteiger partial charge in [-0.2, -0.15) is 23.5 Å². The Morgan fingerprint density at radius 1 is 1.29 bits per heavy atom. The summed E-state index contributed by atoms with van der Waals surface area (Å²) in [6.07, 6.45) is 2.00. The number of carbonyl (C=O) groups is 3. The van der Waals surface area contributed by atoms with Crippen LogP contribution < -0.4 is 21.7 Å². The minimum Gasteiger partial charge on any atom is -0.483 e. The Bertz CT molecular complexity index is 1760. The zero-order chi connectivity index (χ0) is 32.9. The molecule has 0 bridgehead atoms. The number of aryl methyl sites for hydroxylation is 1. The predicted octanol–water partition coefficient (Wildman–Crippen LogP) is 2.61. The van der Waals surface area contributed by atoms with Crippen molar-refractivity contribution in [1.29, 1.82) is 5.26 Å². The van der Waals surface area contributed by atoms with Crippen molar-refractivity contribution < 1.29 is 32.7 Å². The van der Waals surface area contributed by atoms with E-state index in [-0.39, 0.29) is 53.7 Å². The van der Waals surface area contributed by atoms with Crippen LogP contribution in [0.15, 0.2) is 43.0 Å². The van der Waals surface area contributed by atoms with Crippen molar-refractivity contribution >= 4 is 35.4 Å². The largest absolute Gasteiger partial charge is 0.483 e. The second-order valence-electron chi connectivity index (χ2n) is 10.2. The zero-order valence-corrected chi connectivity index (χ0v) is 24.0. The van der Waals surface area contributed by atoms with Crippen LogP contribution in [0.2, 0.25) is 0 Å². The molecule has 0 radical (unpaired) electrons. The number of anilines is 2. The topological polar surface area (TPSA) is 205 Å². The number of nitrogens with one attached hydrogen (secondary N) is 3. The van der Waals surface area contributed by atoms with Crippen LogP contribution in [0.3, 0.4) is 0 Å². The van der Waals surface area contributed by atoms with Crippen LogP contribution >= 0.6 is 0 Å². The molecule has 3 aromatic heterocycles. The normalized spacial score (nSPS) is 16.4. The van der Waals surface area contributed by atoms with Gasteiger partial charge < -0.3 is 26.8 Å². The lowest BCUT2D eigenvalue weighted by Gasteiger charge is -2.33. The monoisotopic (exact) mass is 626 g/mol. The highest BCUT2D eigenvalue weighted by atomic mass is 19.4. The van der Waals surface area contributed by atoms with Gasteiger partial charge in [-0.05, 0) is 50.5 Å². The standard InChI is InChI=1S/C27H27F3N10O2.CH2O2/c1-14-9-17(3-4-19(14)26(42)35-15(2)25(41)37-18-10-16(32)11-18)36-23-24-34-12-21(40(24)8-6-33-23)20-13-39(7-5-31)38-22(20)27(28,29)30;2-1-3/h3-4,6,8-9,12-13,15-16,18H,7,10-11,32H2,1-2H3,(H,33,36)(H,35,42)(H,37,41);1H,(H,2,3)/t15-,16?,18?;/m1./s1. The Labute approximate surface area is 254 Å². The summed E-state index contributed by atoms with van der Waals surface area (Å²) in [6.45, 7) is 2.75. The molecule has 0 aliphatic heterocycles. The number of halogens is 3. The van der Waals surface area contributed by atoms with E-state index >= 15 is 0 Å². The van der Waals surface area contributed by atoms with Crippen molar-refractivity contribution in [3.63, 3.8) is 0 Å². The van der Waals surface area contributed by atoms with Crippen LogP contribution in [0.25, 0.3) is 16.9 Å². The number of aromatic nitrogens is 5. The smallest absolute Gasteiger partial charge is 0.435 e. The lowest BCUT2D eigenvalue weighted by atomic mass is 9.87. The van der Waals surface area contributed by atoms with Crippen LogP contribution in [0.4, 0.5) is 24.7 Å². The zero-order valence-electron chi connectivity index (χ0n) is 24.0. The average Bonchev–Trinajstić information content (AvgIpc) is 3.58. The summed E-state index contributed by atoms with van der Waals surface area (Å²) in [4.78, 5) is 42.2. The molecule has 2 amide bonds. The molecule has 236 valence electrons. The maximum atomic E-state index is 13.7. The van der Waals surface area contributed by atoms with Gasteiger partial charge in [0, 0.05) is 41.9 Å². The van der Waals surface area contributed by atoms with Gasteiger partial charge in [-0.25, -0.2) is 9.97 Å². The predicted molar refractivity (Wildman–Crippen MR) is 154 cm³/mol. The summed E-state index contributed by atoms with van der Waals surface area (Å²) in [7, 11) is 0. The van der Waals surface area contributed by atoms with Gasteiger partial charge in [0.15, 0.2) is 17.2 Å². The molecule has 3 heterocycles. The summed E-state index contributed by atoms with van der Waals surface area (Å²) in [6, 6.07) is 6.10. The maximum absolute atomic E-state index is 13.7. The molecule has 0 saturated heterocycles. The van der Waals surface area contributed by atoms with E-state index in [1.807, 2.05) is 0 Å². The van der Waals surface area contributed by atoms with Crippen LogP contribution in [0.5, 0.6) is 0 Å². The van der Waals surface area contributed by atoms with E-state index in [0.717, 1.165) is 10.9 Å². The SMILES string of the molecule is Cc1cc(Nc2nccn3c(-c4cn(CC#N)nc4C(F)(F)F)cnc23)ccc1C(=O)N[C@H](C)C(=O)NC1CC(N)C1.O=CO. The molecule has 5 rings (SSSR count). The third kappa shape index (κ3) is 7.36. The molecule has 6 N–H and O–H groups in total. The number of imidazole rings is 1. The number of carbonyl (C=O) groups excluding carboxylic acids is 2. The number of carboxylic acid groups (broad SMARTS) is 1. The van der Waals surface area contributed by atoms with Gasteiger partial charge >= 0.3 is 6.18 Å². The highest BCUT2D eigenvalue weighted by Crippen LogP contribution is 2.37. The Balaban J connectivity index is 0.00000148. The summed E-state index contributed by atoms with van der Waals surface area (Å²) in [5, 5.41) is 28.0. The van der Waals surface area contributed by atoms with E-state index in [1.165, 1.54) is 23.0 Å². The number of alkyl halides is 3. The molecule has 0 unspecified atom stereocenters. The average molecular weight is 627 g/mol. The molecule has 1 aromatic carbocycles. The van der Waals surface area contributed by atoms with Crippen molar-refractivity contribution in [2.75, 3.05) is 5.32 Å². The number of benzene rings is 1. The Kier molecular flexibility index (Phi) is 9.67. The Hall–Kier alpha value is -5.50. The number of nitrogens with two attached hydrogens (primary N) is 1. The second-order valence-corrected chi connectivity index (χ2v) is 10.2. The van der Waals surface area contributed by atoms with Crippen LogP contribution in [0.1, 0.15) is 41.4 Å². The van der Waals surface area contributed by atoms with Crippen LogP contribution in [-0.4, -0.2) is 65.7 Å². The Morgan fingerprint density at radius 3 is 2.62 bits per heavy atom. The van der Waals surface area contributed by atoms with Gasteiger partial charge in [-0.3, -0.25) is 23.5 Å². The number of fused-ring (bicyclic) bond motifs is 1. The molecule has 14 nitrogen and oxygen atoms in total. The number of rotatable bonds is 8. The first-order valence-electron chi connectivity index (χ1n) is 13.5. The van der Waals surface area contributed by atoms with Gasteiger partial charge in [-0.1, -0.05) is 0 Å². The molecule has 45 heavy (non-hydrogen) atoms. The molecule has 1 atom stereocenters. The maximum Gasteiger partial charge on any atom is 0.435 e. The van der Waals surface area contributed by atoms with Gasteiger partial charge in [0.05, 0.1) is 23.5 Å². The molecule has 1 saturated carbocycles. The van der Waals surface area contributed by atoms with Crippen molar-refractivity contribution in [3.8, 4) is 17.3 Å². The van der Waals surface area contributed by atoms with E-state index in [1.54, 1.807) is 38.1 Å². The van der Waals surface area contributed by atoms with Gasteiger partial charge in [0.2, 0.25) is 5.91 Å². The molecule has 17 heteroatoms. The summed E-state index contributed by atoms with van der Waals surface area (Å²) >= 11 is 0. The number of hydrogen-bond donors (Lipinski definition) is 5. The van der Waals surface area contributed by atoms with Gasteiger partial charge in [-0.15, -0.1) is 0 Å². The molecular weight excluding hydrogens is 597 g/mol. The van der Waals surface area contributed by atoms with Gasteiger partial charge in [0.25, 0.3) is 12.4 Å². The third-order valence-electron chi connectivity index (χ3n) is 6.96. The molecule has 1 fully saturated rings. The second kappa shape index (κ2) is 13.4. The summed E-state index contributed by atoms with van der Waals surface area (Å²) < 4.78 is 43.5. The molecule has 1 aliphatic carbocycles. The van der Waals surface area contributed by atoms with E-state index < -0.39 is 23.8 Å². The van der Waals surface area contributed by atoms with E-state index in [9.17, 15) is 22.8 Å². The quantitative estimate of drug-likeness (QED) is 0.181. The third-order valence-corrected chi connectivity index (χ3v) is 6.96. The van der Waals surface area contributed by atoms with E-state index in [0.29, 0.717) is 29.7 Å². The van der Waals surface area contributed by atoms with Crippen molar-refractivity contribution in [2.45, 2.75) is 57.5 Å². The highest BCUT2D eigenvalue weighted by Gasteiger charge is 2.38. The molecule has 4 aromatic rings. The lowest BCUT2D eigenvalue weighted by molar-refractivity contribution is -0.141. The first-order chi connectivity index (χ1) is 21.4. The van der Waals surface area contributed by atoms with Crippen molar-refractivity contribution in [3.05, 3.63) is 59.8 Å². The fraction of sp³-hybridized carbons (Fsp3) is 0.321. The summed E-state index contributed by atoms with van der Waals surface area (Å²) in [5.74, 6) is -0.434. The van der Waals surface area contributed by atoms with Crippen LogP contribution in [-0.2, 0) is 22.3 Å². The van der Waals surface area contributed by atoms with Crippen molar-refractivity contribution in [1.82, 2.24) is 34.8 Å². The number of nitriles is 1. The van der Waals surface area contributed by atoms with E-state index in [2.05, 4.69) is 31.0 Å². The minimum atomic E-state index is -4.74. The fourth-order valence-corrected chi connectivity index (χ4v) is 4.76.